The molecule has 0 spiro atoms. The third-order valence-corrected chi connectivity index (χ3v) is 4.41. The summed E-state index contributed by atoms with van der Waals surface area (Å²) in [7, 11) is 1.99. The largest absolute Gasteiger partial charge is 0.351 e. The lowest BCUT2D eigenvalue weighted by Crippen LogP contribution is -2.24. The van der Waals surface area contributed by atoms with Crippen molar-refractivity contribution in [3.8, 4) is 0 Å². The number of aryl methyl sites for hydroxylation is 2. The molecule has 22 heavy (non-hydrogen) atoms. The van der Waals surface area contributed by atoms with Gasteiger partial charge in [-0.25, -0.2) is 4.98 Å². The van der Waals surface area contributed by atoms with Crippen LogP contribution >= 0.6 is 0 Å². The number of aromatic nitrogens is 3. The van der Waals surface area contributed by atoms with Crippen molar-refractivity contribution in [3.05, 3.63) is 53.7 Å². The Hall–Kier alpha value is -2.56. The van der Waals surface area contributed by atoms with Gasteiger partial charge in [-0.2, -0.15) is 0 Å². The van der Waals surface area contributed by atoms with Crippen molar-refractivity contribution in [3.63, 3.8) is 0 Å². The molecule has 4 rings (SSSR count). The number of amides is 1. The first-order valence-corrected chi connectivity index (χ1v) is 7.59. The maximum Gasteiger partial charge on any atom is 0.252 e. The standard InChI is InChI=1S/C17H18N4O/c1-20-9-7-13-14(4-2-5-15(13)20)17(22)19-11-12-10-18-16-6-3-8-21(12)16/h2,4-5,7,9-10H,3,6,8,11H2,1H3,(H,19,22). The highest BCUT2D eigenvalue weighted by atomic mass is 16.1. The fourth-order valence-corrected chi connectivity index (χ4v) is 3.23. The first-order chi connectivity index (χ1) is 10.7. The number of carbonyl (C=O) groups is 1. The summed E-state index contributed by atoms with van der Waals surface area (Å²) in [5.41, 5.74) is 2.87. The highest BCUT2D eigenvalue weighted by molar-refractivity contribution is 6.06. The summed E-state index contributed by atoms with van der Waals surface area (Å²) in [6.45, 7) is 1.53. The first-order valence-electron chi connectivity index (χ1n) is 7.59. The van der Waals surface area contributed by atoms with Gasteiger partial charge in [0.2, 0.25) is 0 Å². The molecule has 5 heteroatoms. The van der Waals surface area contributed by atoms with Crippen molar-refractivity contribution in [1.29, 1.82) is 0 Å². The Kier molecular flexibility index (Phi) is 2.99. The van der Waals surface area contributed by atoms with Gasteiger partial charge in [0.05, 0.1) is 18.4 Å². The molecule has 1 amide bonds. The van der Waals surface area contributed by atoms with Gasteiger partial charge in [0, 0.05) is 42.7 Å². The van der Waals surface area contributed by atoms with E-state index in [4.69, 9.17) is 0 Å². The smallest absolute Gasteiger partial charge is 0.252 e. The van der Waals surface area contributed by atoms with Crippen molar-refractivity contribution in [2.45, 2.75) is 25.9 Å². The van der Waals surface area contributed by atoms with E-state index in [0.29, 0.717) is 6.54 Å². The van der Waals surface area contributed by atoms with Gasteiger partial charge >= 0.3 is 0 Å². The molecular formula is C17H18N4O. The topological polar surface area (TPSA) is 51.9 Å². The normalized spacial score (nSPS) is 13.5. The number of fused-ring (bicyclic) bond motifs is 2. The van der Waals surface area contributed by atoms with Crippen LogP contribution in [0.3, 0.4) is 0 Å². The Morgan fingerprint density at radius 3 is 3.18 bits per heavy atom. The minimum atomic E-state index is -0.0367. The first kappa shape index (κ1) is 13.1. The molecule has 1 N–H and O–H groups in total. The minimum absolute atomic E-state index is 0.0367. The molecule has 0 saturated carbocycles. The molecule has 0 atom stereocenters. The molecule has 0 aliphatic carbocycles. The lowest BCUT2D eigenvalue weighted by molar-refractivity contribution is 0.0951. The number of rotatable bonds is 3. The van der Waals surface area contributed by atoms with E-state index in [0.717, 1.165) is 47.4 Å². The number of hydrogen-bond donors (Lipinski definition) is 1. The van der Waals surface area contributed by atoms with Crippen LogP contribution in [-0.4, -0.2) is 20.0 Å². The maximum atomic E-state index is 12.5. The Morgan fingerprint density at radius 1 is 1.36 bits per heavy atom. The molecule has 0 radical (unpaired) electrons. The number of nitrogens with zero attached hydrogens (tertiary/aromatic N) is 3. The second kappa shape index (κ2) is 5.02. The van der Waals surface area contributed by atoms with E-state index in [-0.39, 0.29) is 5.91 Å². The summed E-state index contributed by atoms with van der Waals surface area (Å²) in [6.07, 6.45) is 6.04. The molecule has 1 aliphatic rings. The molecule has 3 heterocycles. The van der Waals surface area contributed by atoms with Crippen LogP contribution in [0.15, 0.2) is 36.7 Å². The SMILES string of the molecule is Cn1ccc2c(C(=O)NCc3cnc4n3CCC4)cccc21. The van der Waals surface area contributed by atoms with Crippen LogP contribution in [0.4, 0.5) is 0 Å². The summed E-state index contributed by atoms with van der Waals surface area (Å²) in [5.74, 6) is 1.10. The van der Waals surface area contributed by atoms with Crippen LogP contribution in [0.25, 0.3) is 10.9 Å². The third-order valence-electron chi connectivity index (χ3n) is 4.41. The molecule has 2 aromatic heterocycles. The maximum absolute atomic E-state index is 12.5. The zero-order chi connectivity index (χ0) is 15.1. The van der Waals surface area contributed by atoms with Crippen molar-refractivity contribution in [2.24, 2.45) is 7.05 Å². The summed E-state index contributed by atoms with van der Waals surface area (Å²) in [5, 5.41) is 4.01. The summed E-state index contributed by atoms with van der Waals surface area (Å²) < 4.78 is 4.24. The molecule has 1 aliphatic heterocycles. The molecule has 3 aromatic rings. The van der Waals surface area contributed by atoms with Gasteiger partial charge in [0.15, 0.2) is 0 Å². The van der Waals surface area contributed by atoms with Crippen molar-refractivity contribution < 1.29 is 4.79 Å². The quantitative estimate of drug-likeness (QED) is 0.805. The minimum Gasteiger partial charge on any atom is -0.351 e. The summed E-state index contributed by atoms with van der Waals surface area (Å²) in [4.78, 5) is 16.9. The Balaban J connectivity index is 1.56. The monoisotopic (exact) mass is 294 g/mol. The number of benzene rings is 1. The third kappa shape index (κ3) is 2.01. The second-order valence-electron chi connectivity index (χ2n) is 5.77. The van der Waals surface area contributed by atoms with Gasteiger partial charge in [0.1, 0.15) is 5.82 Å². The lowest BCUT2D eigenvalue weighted by atomic mass is 10.1. The molecule has 112 valence electrons. The molecule has 0 saturated heterocycles. The van der Waals surface area contributed by atoms with Gasteiger partial charge < -0.3 is 14.5 Å². The van der Waals surface area contributed by atoms with Crippen LogP contribution in [0.1, 0.15) is 28.3 Å². The van der Waals surface area contributed by atoms with E-state index in [1.54, 1.807) is 0 Å². The van der Waals surface area contributed by atoms with E-state index < -0.39 is 0 Å². The molecule has 1 aromatic carbocycles. The molecule has 5 nitrogen and oxygen atoms in total. The van der Waals surface area contributed by atoms with Crippen molar-refractivity contribution in [2.75, 3.05) is 0 Å². The van der Waals surface area contributed by atoms with Crippen LogP contribution in [0.5, 0.6) is 0 Å². The molecular weight excluding hydrogens is 276 g/mol. The van der Waals surface area contributed by atoms with Crippen LogP contribution in [0, 0.1) is 0 Å². The zero-order valence-electron chi connectivity index (χ0n) is 12.5. The van der Waals surface area contributed by atoms with Crippen LogP contribution in [-0.2, 0) is 26.6 Å². The van der Waals surface area contributed by atoms with Crippen molar-refractivity contribution in [1.82, 2.24) is 19.4 Å². The van der Waals surface area contributed by atoms with E-state index in [1.165, 1.54) is 0 Å². The highest BCUT2D eigenvalue weighted by Gasteiger charge is 2.17. The van der Waals surface area contributed by atoms with E-state index in [1.807, 2.05) is 48.3 Å². The zero-order valence-corrected chi connectivity index (χ0v) is 12.5. The van der Waals surface area contributed by atoms with Gasteiger partial charge in [-0.3, -0.25) is 4.79 Å². The Labute approximate surface area is 128 Å². The molecule has 0 unspecified atom stereocenters. The molecule has 0 bridgehead atoms. The fourth-order valence-electron chi connectivity index (χ4n) is 3.23. The summed E-state index contributed by atoms with van der Waals surface area (Å²) >= 11 is 0. The van der Waals surface area contributed by atoms with E-state index in [2.05, 4.69) is 14.9 Å². The number of nitrogens with one attached hydrogen (secondary N) is 1. The summed E-state index contributed by atoms with van der Waals surface area (Å²) in [6, 6.07) is 7.81. The predicted molar refractivity (Wildman–Crippen MR) is 84.6 cm³/mol. The molecule has 0 fully saturated rings. The van der Waals surface area contributed by atoms with E-state index >= 15 is 0 Å². The van der Waals surface area contributed by atoms with Crippen LogP contribution < -0.4 is 5.32 Å². The predicted octanol–water partition coefficient (Wildman–Crippen LogP) is 2.25. The van der Waals surface area contributed by atoms with Gasteiger partial charge in [-0.05, 0) is 24.6 Å². The van der Waals surface area contributed by atoms with Gasteiger partial charge in [-0.15, -0.1) is 0 Å². The van der Waals surface area contributed by atoms with E-state index in [9.17, 15) is 4.79 Å². The Morgan fingerprint density at radius 2 is 2.27 bits per heavy atom. The number of carbonyl (C=O) groups excluding carboxylic acids is 1. The average molecular weight is 294 g/mol. The fraction of sp³-hybridized carbons (Fsp3) is 0.294. The highest BCUT2D eigenvalue weighted by Crippen LogP contribution is 2.20. The number of imidazole rings is 1. The Bertz CT molecular complexity index is 859. The number of hydrogen-bond acceptors (Lipinski definition) is 2. The second-order valence-corrected chi connectivity index (χ2v) is 5.77. The lowest BCUT2D eigenvalue weighted by Gasteiger charge is -2.08. The van der Waals surface area contributed by atoms with Crippen molar-refractivity contribution >= 4 is 16.8 Å². The van der Waals surface area contributed by atoms with Gasteiger partial charge in [-0.1, -0.05) is 6.07 Å². The average Bonchev–Trinajstić information content (AvgIpc) is 3.21. The van der Waals surface area contributed by atoms with Crippen LogP contribution in [0.2, 0.25) is 0 Å². The van der Waals surface area contributed by atoms with Gasteiger partial charge in [0.25, 0.3) is 5.91 Å².